The Kier molecular flexibility index (Phi) is 4.09. The summed E-state index contributed by atoms with van der Waals surface area (Å²) in [5, 5.41) is 13.1. The van der Waals surface area contributed by atoms with Gasteiger partial charge in [-0.1, -0.05) is 0 Å². The number of furan rings is 1. The van der Waals surface area contributed by atoms with Gasteiger partial charge in [-0.2, -0.15) is 4.39 Å². The summed E-state index contributed by atoms with van der Waals surface area (Å²) in [5.41, 5.74) is -0.407. The highest BCUT2D eigenvalue weighted by atomic mass is 19.1. The van der Waals surface area contributed by atoms with E-state index in [9.17, 15) is 14.3 Å². The zero-order chi connectivity index (χ0) is 15.6. The summed E-state index contributed by atoms with van der Waals surface area (Å²) < 4.78 is 18.1. The quantitative estimate of drug-likeness (QED) is 0.846. The van der Waals surface area contributed by atoms with Crippen molar-refractivity contribution in [2.75, 3.05) is 6.54 Å². The molecular weight excluding hydrogens is 275 g/mol. The van der Waals surface area contributed by atoms with Crippen molar-refractivity contribution >= 4 is 5.91 Å². The van der Waals surface area contributed by atoms with Crippen LogP contribution in [-0.4, -0.2) is 22.5 Å². The van der Waals surface area contributed by atoms with E-state index in [1.807, 2.05) is 0 Å². The highest BCUT2D eigenvalue weighted by Gasteiger charge is 2.28. The molecule has 2 heterocycles. The SMILES string of the molecule is Cc1cc(C(C)(O)CNC(=O)c2ccc(F)nc2)c(C)o1. The summed E-state index contributed by atoms with van der Waals surface area (Å²) in [6.07, 6.45) is 1.15. The Labute approximate surface area is 121 Å². The summed E-state index contributed by atoms with van der Waals surface area (Å²) >= 11 is 0. The van der Waals surface area contributed by atoms with Crippen molar-refractivity contribution in [2.24, 2.45) is 0 Å². The zero-order valence-corrected chi connectivity index (χ0v) is 12.1. The maximum absolute atomic E-state index is 12.7. The Bertz CT molecular complexity index is 647. The standard InChI is InChI=1S/C15H17FN2O3/c1-9-6-12(10(2)21-9)15(3,20)8-18-14(19)11-4-5-13(16)17-7-11/h4-7,20H,8H2,1-3H3,(H,18,19). The van der Waals surface area contributed by atoms with Crippen LogP contribution in [0.15, 0.2) is 28.8 Å². The molecule has 0 aliphatic rings. The van der Waals surface area contributed by atoms with E-state index in [0.717, 1.165) is 12.3 Å². The summed E-state index contributed by atoms with van der Waals surface area (Å²) in [5.74, 6) is 0.218. The number of hydrogen-bond donors (Lipinski definition) is 2. The van der Waals surface area contributed by atoms with Crippen LogP contribution in [0.1, 0.15) is 34.4 Å². The molecule has 2 rings (SSSR count). The number of pyridine rings is 1. The molecule has 0 aliphatic heterocycles. The fourth-order valence-corrected chi connectivity index (χ4v) is 2.13. The molecule has 0 aliphatic carbocycles. The molecule has 1 amide bonds. The molecule has 0 saturated heterocycles. The number of aliphatic hydroxyl groups is 1. The molecule has 6 heteroatoms. The van der Waals surface area contributed by atoms with Crippen LogP contribution in [0, 0.1) is 19.8 Å². The molecule has 0 radical (unpaired) electrons. The van der Waals surface area contributed by atoms with Crippen molar-refractivity contribution < 1.29 is 18.7 Å². The number of carbonyl (C=O) groups is 1. The van der Waals surface area contributed by atoms with Crippen LogP contribution in [0.25, 0.3) is 0 Å². The largest absolute Gasteiger partial charge is 0.466 e. The molecule has 2 aromatic rings. The van der Waals surface area contributed by atoms with Crippen LogP contribution >= 0.6 is 0 Å². The van der Waals surface area contributed by atoms with Gasteiger partial charge >= 0.3 is 0 Å². The second-order valence-corrected chi connectivity index (χ2v) is 5.15. The Balaban J connectivity index is 2.06. The molecule has 112 valence electrons. The molecule has 1 unspecified atom stereocenters. The highest BCUT2D eigenvalue weighted by molar-refractivity contribution is 5.93. The van der Waals surface area contributed by atoms with Crippen molar-refractivity contribution in [1.29, 1.82) is 0 Å². The lowest BCUT2D eigenvalue weighted by Crippen LogP contribution is -2.38. The van der Waals surface area contributed by atoms with E-state index in [0.29, 0.717) is 17.1 Å². The molecule has 0 bridgehead atoms. The number of amides is 1. The van der Waals surface area contributed by atoms with Crippen molar-refractivity contribution in [3.63, 3.8) is 0 Å². The monoisotopic (exact) mass is 292 g/mol. The highest BCUT2D eigenvalue weighted by Crippen LogP contribution is 2.26. The number of aryl methyl sites for hydroxylation is 2. The van der Waals surface area contributed by atoms with Gasteiger partial charge in [-0.3, -0.25) is 4.79 Å². The number of hydrogen-bond acceptors (Lipinski definition) is 4. The normalized spacial score (nSPS) is 13.8. The van der Waals surface area contributed by atoms with Gasteiger partial charge in [0.05, 0.1) is 12.1 Å². The summed E-state index contributed by atoms with van der Waals surface area (Å²) in [7, 11) is 0. The van der Waals surface area contributed by atoms with Gasteiger partial charge in [0.1, 0.15) is 17.1 Å². The number of carbonyl (C=O) groups excluding carboxylic acids is 1. The topological polar surface area (TPSA) is 75.4 Å². The van der Waals surface area contributed by atoms with Crippen LogP contribution in [-0.2, 0) is 5.60 Å². The first-order chi connectivity index (χ1) is 9.79. The Morgan fingerprint density at radius 1 is 1.48 bits per heavy atom. The molecule has 1 atom stereocenters. The predicted octanol–water partition coefficient (Wildman–Crippen LogP) is 2.07. The Morgan fingerprint density at radius 2 is 2.19 bits per heavy atom. The van der Waals surface area contributed by atoms with Gasteiger partial charge in [-0.25, -0.2) is 4.98 Å². The number of nitrogens with one attached hydrogen (secondary N) is 1. The molecule has 2 N–H and O–H groups in total. The van der Waals surface area contributed by atoms with E-state index < -0.39 is 17.5 Å². The number of aromatic nitrogens is 1. The van der Waals surface area contributed by atoms with Gasteiger partial charge in [-0.05, 0) is 39.0 Å². The summed E-state index contributed by atoms with van der Waals surface area (Å²) in [6, 6.07) is 4.18. The second-order valence-electron chi connectivity index (χ2n) is 5.15. The molecule has 5 nitrogen and oxygen atoms in total. The van der Waals surface area contributed by atoms with Crippen molar-refractivity contribution in [1.82, 2.24) is 10.3 Å². The van der Waals surface area contributed by atoms with Gasteiger partial charge in [-0.15, -0.1) is 0 Å². The molecule has 0 spiro atoms. The molecule has 21 heavy (non-hydrogen) atoms. The smallest absolute Gasteiger partial charge is 0.252 e. The third kappa shape index (κ3) is 3.46. The number of nitrogens with zero attached hydrogens (tertiary/aromatic N) is 1. The summed E-state index contributed by atoms with van der Waals surface area (Å²) in [6.45, 7) is 5.13. The first kappa shape index (κ1) is 15.2. The zero-order valence-electron chi connectivity index (χ0n) is 12.1. The van der Waals surface area contributed by atoms with Gasteiger partial charge < -0.3 is 14.8 Å². The third-order valence-corrected chi connectivity index (χ3v) is 3.20. The molecule has 0 aromatic carbocycles. The Hall–Kier alpha value is -2.21. The van der Waals surface area contributed by atoms with Crippen molar-refractivity contribution in [2.45, 2.75) is 26.4 Å². The maximum atomic E-state index is 12.7. The van der Waals surface area contributed by atoms with E-state index in [-0.39, 0.29) is 12.1 Å². The molecule has 2 aromatic heterocycles. The van der Waals surface area contributed by atoms with Crippen LogP contribution in [0.3, 0.4) is 0 Å². The predicted molar refractivity (Wildman–Crippen MR) is 74.3 cm³/mol. The van der Waals surface area contributed by atoms with E-state index in [2.05, 4.69) is 10.3 Å². The average Bonchev–Trinajstić information content (AvgIpc) is 2.77. The van der Waals surface area contributed by atoms with Gasteiger partial charge in [0, 0.05) is 11.8 Å². The van der Waals surface area contributed by atoms with Crippen molar-refractivity contribution in [3.8, 4) is 0 Å². The van der Waals surface area contributed by atoms with Crippen LogP contribution < -0.4 is 5.32 Å². The van der Waals surface area contributed by atoms with Gasteiger partial charge in [0.2, 0.25) is 5.95 Å². The molecule has 0 fully saturated rings. The van der Waals surface area contributed by atoms with E-state index in [4.69, 9.17) is 4.42 Å². The third-order valence-electron chi connectivity index (χ3n) is 3.20. The molecular formula is C15H17FN2O3. The minimum Gasteiger partial charge on any atom is -0.466 e. The Morgan fingerprint density at radius 3 is 2.71 bits per heavy atom. The first-order valence-corrected chi connectivity index (χ1v) is 6.49. The summed E-state index contributed by atoms with van der Waals surface area (Å²) in [4.78, 5) is 15.3. The van der Waals surface area contributed by atoms with Crippen LogP contribution in [0.2, 0.25) is 0 Å². The van der Waals surface area contributed by atoms with Crippen molar-refractivity contribution in [3.05, 3.63) is 53.0 Å². The van der Waals surface area contributed by atoms with E-state index >= 15 is 0 Å². The first-order valence-electron chi connectivity index (χ1n) is 6.49. The lowest BCUT2D eigenvalue weighted by molar-refractivity contribution is 0.0514. The minimum absolute atomic E-state index is 0.00300. The lowest BCUT2D eigenvalue weighted by atomic mass is 9.96. The molecule has 0 saturated carbocycles. The second kappa shape index (κ2) is 5.65. The number of rotatable bonds is 4. The lowest BCUT2D eigenvalue weighted by Gasteiger charge is -2.23. The van der Waals surface area contributed by atoms with Crippen LogP contribution in [0.5, 0.6) is 0 Å². The maximum Gasteiger partial charge on any atom is 0.252 e. The fourth-order valence-electron chi connectivity index (χ4n) is 2.13. The number of halogens is 1. The fraction of sp³-hybridized carbons (Fsp3) is 0.333. The average molecular weight is 292 g/mol. The van der Waals surface area contributed by atoms with Gasteiger partial charge in [0.15, 0.2) is 0 Å². The van der Waals surface area contributed by atoms with Gasteiger partial charge in [0.25, 0.3) is 5.91 Å². The minimum atomic E-state index is -1.26. The van der Waals surface area contributed by atoms with E-state index in [1.165, 1.54) is 6.07 Å². The van der Waals surface area contributed by atoms with E-state index in [1.54, 1.807) is 26.8 Å². The van der Waals surface area contributed by atoms with Crippen LogP contribution in [0.4, 0.5) is 4.39 Å².